The van der Waals surface area contributed by atoms with Crippen LogP contribution < -0.4 is 10.1 Å². The van der Waals surface area contributed by atoms with E-state index >= 15 is 0 Å². The molecule has 2 aromatic rings. The lowest BCUT2D eigenvalue weighted by Gasteiger charge is -2.14. The summed E-state index contributed by atoms with van der Waals surface area (Å²) in [6.45, 7) is 4.73. The van der Waals surface area contributed by atoms with Crippen molar-refractivity contribution in [2.45, 2.75) is 20.4 Å². The van der Waals surface area contributed by atoms with Gasteiger partial charge in [-0.25, -0.2) is 4.79 Å². The molecular weight excluding hydrogens is 290 g/mol. The summed E-state index contributed by atoms with van der Waals surface area (Å²) in [6.07, 6.45) is 0. The lowest BCUT2D eigenvalue weighted by Crippen LogP contribution is -2.16. The minimum atomic E-state index is -0.928. The highest BCUT2D eigenvalue weighted by molar-refractivity contribution is 5.95. The van der Waals surface area contributed by atoms with Crippen LogP contribution in [0.5, 0.6) is 5.75 Å². The minimum absolute atomic E-state index is 0.294. The van der Waals surface area contributed by atoms with Gasteiger partial charge in [-0.15, -0.1) is 0 Å². The molecule has 0 radical (unpaired) electrons. The van der Waals surface area contributed by atoms with Crippen LogP contribution in [-0.2, 0) is 11.3 Å². The lowest BCUT2D eigenvalue weighted by molar-refractivity contribution is -0.132. The normalized spacial score (nSPS) is 11.6. The summed E-state index contributed by atoms with van der Waals surface area (Å²) in [4.78, 5) is 11.3. The molecule has 0 aromatic heterocycles. The van der Waals surface area contributed by atoms with E-state index in [-0.39, 0.29) is 0 Å². The Morgan fingerprint density at radius 1 is 1.09 bits per heavy atom. The van der Waals surface area contributed by atoms with E-state index in [0.717, 1.165) is 16.9 Å². The second-order valence-electron chi connectivity index (χ2n) is 5.10. The molecule has 120 valence electrons. The quantitative estimate of drug-likeness (QED) is 0.766. The topological polar surface area (TPSA) is 58.6 Å². The number of hydrogen-bond donors (Lipinski definition) is 2. The molecule has 23 heavy (non-hydrogen) atoms. The van der Waals surface area contributed by atoms with E-state index in [2.05, 4.69) is 5.32 Å². The van der Waals surface area contributed by atoms with Crippen molar-refractivity contribution in [3.63, 3.8) is 0 Å². The lowest BCUT2D eigenvalue weighted by atomic mass is 10.1. The number of carboxylic acids is 1. The van der Waals surface area contributed by atoms with Crippen molar-refractivity contribution in [2.75, 3.05) is 6.61 Å². The molecule has 2 N–H and O–H groups in total. The van der Waals surface area contributed by atoms with Gasteiger partial charge >= 0.3 is 5.97 Å². The highest BCUT2D eigenvalue weighted by Crippen LogP contribution is 2.18. The van der Waals surface area contributed by atoms with Gasteiger partial charge in [0.25, 0.3) is 0 Å². The Morgan fingerprint density at radius 3 is 2.30 bits per heavy atom. The van der Waals surface area contributed by atoms with Gasteiger partial charge in [-0.1, -0.05) is 42.5 Å². The molecule has 0 spiro atoms. The van der Waals surface area contributed by atoms with Crippen molar-refractivity contribution in [2.24, 2.45) is 0 Å². The number of carbonyl (C=O) groups is 1. The van der Waals surface area contributed by atoms with Crippen LogP contribution in [0.3, 0.4) is 0 Å². The molecule has 4 nitrogen and oxygen atoms in total. The maximum Gasteiger partial charge on any atom is 0.333 e. The number of benzene rings is 2. The van der Waals surface area contributed by atoms with E-state index in [0.29, 0.717) is 24.4 Å². The molecule has 0 aliphatic carbocycles. The fourth-order valence-electron chi connectivity index (χ4n) is 2.22. The number of ether oxygens (including phenoxy) is 1. The standard InChI is InChI=1S/C19H21NO3/c1-3-23-17-11-9-15(10-12-17)13-20-18(14(2)19(21)22)16-7-5-4-6-8-16/h4-12,20H,3,13H2,1-2H3,(H,21,22). The first kappa shape index (κ1) is 16.6. The molecule has 0 unspecified atom stereocenters. The second kappa shape index (κ2) is 8.03. The molecule has 0 fully saturated rings. The summed E-state index contributed by atoms with van der Waals surface area (Å²) in [7, 11) is 0. The maximum atomic E-state index is 11.3. The smallest absolute Gasteiger partial charge is 0.333 e. The van der Waals surface area contributed by atoms with Crippen LogP contribution in [0.25, 0.3) is 5.70 Å². The second-order valence-corrected chi connectivity index (χ2v) is 5.10. The van der Waals surface area contributed by atoms with Crippen LogP contribution in [-0.4, -0.2) is 17.7 Å². The van der Waals surface area contributed by atoms with Crippen molar-refractivity contribution >= 4 is 11.7 Å². The summed E-state index contributed by atoms with van der Waals surface area (Å²) >= 11 is 0. The van der Waals surface area contributed by atoms with Gasteiger partial charge in [0, 0.05) is 6.54 Å². The Hall–Kier alpha value is -2.75. The fraction of sp³-hybridized carbons (Fsp3) is 0.211. The van der Waals surface area contributed by atoms with E-state index in [1.165, 1.54) is 0 Å². The molecule has 0 saturated heterocycles. The molecule has 0 aliphatic rings. The SMILES string of the molecule is CCOc1ccc(CNC(=C(C)C(=O)O)c2ccccc2)cc1. The van der Waals surface area contributed by atoms with Crippen LogP contribution >= 0.6 is 0 Å². The summed E-state index contributed by atoms with van der Waals surface area (Å²) < 4.78 is 5.42. The van der Waals surface area contributed by atoms with Gasteiger partial charge in [0.1, 0.15) is 5.75 Å². The molecule has 2 rings (SSSR count). The Kier molecular flexibility index (Phi) is 5.80. The molecule has 0 aliphatic heterocycles. The number of aliphatic carboxylic acids is 1. The zero-order chi connectivity index (χ0) is 16.7. The van der Waals surface area contributed by atoms with Crippen LogP contribution in [0.15, 0.2) is 60.2 Å². The van der Waals surface area contributed by atoms with Gasteiger partial charge in [-0.2, -0.15) is 0 Å². The van der Waals surface area contributed by atoms with Gasteiger partial charge in [0.15, 0.2) is 0 Å². The van der Waals surface area contributed by atoms with E-state index in [1.54, 1.807) is 6.92 Å². The highest BCUT2D eigenvalue weighted by atomic mass is 16.5. The first-order valence-corrected chi connectivity index (χ1v) is 7.57. The van der Waals surface area contributed by atoms with Crippen molar-refractivity contribution in [1.82, 2.24) is 5.32 Å². The van der Waals surface area contributed by atoms with E-state index in [1.807, 2.05) is 61.5 Å². The van der Waals surface area contributed by atoms with E-state index in [9.17, 15) is 9.90 Å². The largest absolute Gasteiger partial charge is 0.494 e. The predicted octanol–water partition coefficient (Wildman–Crippen LogP) is 3.69. The molecule has 0 amide bonds. The maximum absolute atomic E-state index is 11.3. The molecular formula is C19H21NO3. The Labute approximate surface area is 136 Å². The summed E-state index contributed by atoms with van der Waals surface area (Å²) in [5, 5.41) is 12.5. The van der Waals surface area contributed by atoms with Crippen LogP contribution in [0.1, 0.15) is 25.0 Å². The highest BCUT2D eigenvalue weighted by Gasteiger charge is 2.11. The van der Waals surface area contributed by atoms with Gasteiger partial charge in [-0.05, 0) is 37.1 Å². The molecule has 0 saturated carbocycles. The van der Waals surface area contributed by atoms with E-state index in [4.69, 9.17) is 4.74 Å². The summed E-state index contributed by atoms with van der Waals surface area (Å²) in [6, 6.07) is 17.2. The zero-order valence-electron chi connectivity index (χ0n) is 13.4. The number of carboxylic acid groups (broad SMARTS) is 1. The average Bonchev–Trinajstić information content (AvgIpc) is 2.57. The van der Waals surface area contributed by atoms with Gasteiger partial charge < -0.3 is 15.2 Å². The Bertz CT molecular complexity index is 676. The van der Waals surface area contributed by atoms with Crippen LogP contribution in [0.2, 0.25) is 0 Å². The van der Waals surface area contributed by atoms with Gasteiger partial charge in [-0.3, -0.25) is 0 Å². The molecule has 0 atom stereocenters. The number of nitrogens with one attached hydrogen (secondary N) is 1. The minimum Gasteiger partial charge on any atom is -0.494 e. The van der Waals surface area contributed by atoms with Crippen LogP contribution in [0.4, 0.5) is 0 Å². The number of hydrogen-bond acceptors (Lipinski definition) is 3. The third-order valence-corrected chi connectivity index (χ3v) is 3.46. The van der Waals surface area contributed by atoms with Crippen molar-refractivity contribution in [3.05, 3.63) is 71.3 Å². The summed E-state index contributed by atoms with van der Waals surface area (Å²) in [5.74, 6) is -0.0974. The van der Waals surface area contributed by atoms with Crippen molar-refractivity contribution in [3.8, 4) is 5.75 Å². The summed E-state index contributed by atoms with van der Waals surface area (Å²) in [5.41, 5.74) is 2.84. The van der Waals surface area contributed by atoms with E-state index < -0.39 is 5.97 Å². The van der Waals surface area contributed by atoms with Crippen molar-refractivity contribution < 1.29 is 14.6 Å². The Balaban J connectivity index is 2.16. The molecule has 2 aromatic carbocycles. The third-order valence-electron chi connectivity index (χ3n) is 3.46. The molecule has 4 heteroatoms. The average molecular weight is 311 g/mol. The first-order chi connectivity index (χ1) is 11.1. The van der Waals surface area contributed by atoms with Crippen LogP contribution in [0, 0.1) is 0 Å². The van der Waals surface area contributed by atoms with Gasteiger partial charge in [0.05, 0.1) is 17.9 Å². The monoisotopic (exact) mass is 311 g/mol. The van der Waals surface area contributed by atoms with Crippen molar-refractivity contribution in [1.29, 1.82) is 0 Å². The zero-order valence-corrected chi connectivity index (χ0v) is 13.4. The molecule has 0 heterocycles. The Morgan fingerprint density at radius 2 is 1.74 bits per heavy atom. The number of rotatable bonds is 7. The van der Waals surface area contributed by atoms with Gasteiger partial charge in [0.2, 0.25) is 0 Å². The predicted molar refractivity (Wildman–Crippen MR) is 91.1 cm³/mol. The third kappa shape index (κ3) is 4.61. The first-order valence-electron chi connectivity index (χ1n) is 7.57. The fourth-order valence-corrected chi connectivity index (χ4v) is 2.22. The molecule has 0 bridgehead atoms.